The van der Waals surface area contributed by atoms with E-state index in [4.69, 9.17) is 5.73 Å². The fraction of sp³-hybridized carbons (Fsp3) is 0.188. The van der Waals surface area contributed by atoms with Crippen molar-refractivity contribution in [3.05, 3.63) is 48.0 Å². The third-order valence-electron chi connectivity index (χ3n) is 3.83. The Morgan fingerprint density at radius 3 is 2.67 bits per heavy atom. The maximum atomic E-state index is 14.2. The second-order valence-corrected chi connectivity index (χ2v) is 5.37. The highest BCUT2D eigenvalue weighted by molar-refractivity contribution is 5.84. The predicted molar refractivity (Wildman–Crippen MR) is 77.8 cm³/mol. The van der Waals surface area contributed by atoms with Crippen molar-refractivity contribution in [3.8, 4) is 11.4 Å². The second-order valence-electron chi connectivity index (χ2n) is 5.37. The van der Waals surface area contributed by atoms with E-state index in [0.717, 1.165) is 12.8 Å². The largest absolute Gasteiger partial charge is 0.398 e. The Morgan fingerprint density at radius 1 is 1.14 bits per heavy atom. The molecular weight excluding hydrogens is 272 g/mol. The average molecular weight is 285 g/mol. The Balaban J connectivity index is 2.07. The molecule has 21 heavy (non-hydrogen) atoms. The topological polar surface area (TPSA) is 43.8 Å². The van der Waals surface area contributed by atoms with Crippen LogP contribution in [-0.2, 0) is 0 Å². The number of fused-ring (bicyclic) bond motifs is 1. The molecule has 3 nitrogen and oxygen atoms in total. The molecule has 5 heteroatoms. The van der Waals surface area contributed by atoms with Crippen molar-refractivity contribution in [2.45, 2.75) is 18.9 Å². The fourth-order valence-corrected chi connectivity index (χ4v) is 2.72. The van der Waals surface area contributed by atoms with Crippen molar-refractivity contribution in [1.82, 2.24) is 9.55 Å². The van der Waals surface area contributed by atoms with E-state index < -0.39 is 5.82 Å². The van der Waals surface area contributed by atoms with Gasteiger partial charge in [-0.3, -0.25) is 0 Å². The van der Waals surface area contributed by atoms with Gasteiger partial charge >= 0.3 is 0 Å². The molecule has 0 radical (unpaired) electrons. The number of nitrogen functional groups attached to an aromatic ring is 1. The molecule has 1 fully saturated rings. The molecule has 106 valence electrons. The molecule has 4 rings (SSSR count). The van der Waals surface area contributed by atoms with E-state index in [1.807, 2.05) is 4.57 Å². The number of aromatic nitrogens is 2. The van der Waals surface area contributed by atoms with Gasteiger partial charge in [0.05, 0.1) is 16.6 Å². The highest BCUT2D eigenvalue weighted by Gasteiger charge is 2.30. The van der Waals surface area contributed by atoms with Crippen LogP contribution in [0, 0.1) is 11.6 Å². The lowest BCUT2D eigenvalue weighted by molar-refractivity contribution is 0.626. The maximum Gasteiger partial charge on any atom is 0.146 e. The minimum atomic E-state index is -0.410. The summed E-state index contributed by atoms with van der Waals surface area (Å²) in [5.41, 5.74) is 7.90. The van der Waals surface area contributed by atoms with Gasteiger partial charge in [-0.15, -0.1) is 0 Å². The molecule has 1 aliphatic rings. The molecule has 3 aromatic rings. The summed E-state index contributed by atoms with van der Waals surface area (Å²) in [5.74, 6) is -0.251. The quantitative estimate of drug-likeness (QED) is 0.726. The summed E-state index contributed by atoms with van der Waals surface area (Å²) in [6, 6.07) is 9.24. The Kier molecular flexibility index (Phi) is 2.51. The van der Waals surface area contributed by atoms with Gasteiger partial charge in [-0.1, -0.05) is 6.07 Å². The van der Waals surface area contributed by atoms with Crippen molar-refractivity contribution >= 4 is 16.7 Å². The van der Waals surface area contributed by atoms with Gasteiger partial charge in [0, 0.05) is 11.7 Å². The molecule has 0 atom stereocenters. The maximum absolute atomic E-state index is 14.2. The van der Waals surface area contributed by atoms with E-state index in [1.54, 1.807) is 18.2 Å². The second kappa shape index (κ2) is 4.28. The van der Waals surface area contributed by atoms with E-state index >= 15 is 0 Å². The van der Waals surface area contributed by atoms with E-state index in [1.165, 1.54) is 18.2 Å². The smallest absolute Gasteiger partial charge is 0.146 e. The molecule has 0 bridgehead atoms. The third-order valence-corrected chi connectivity index (χ3v) is 3.83. The van der Waals surface area contributed by atoms with Gasteiger partial charge in [-0.05, 0) is 43.2 Å². The summed E-state index contributed by atoms with van der Waals surface area (Å²) in [6.07, 6.45) is 1.98. The Morgan fingerprint density at radius 2 is 1.95 bits per heavy atom. The minimum Gasteiger partial charge on any atom is -0.398 e. The van der Waals surface area contributed by atoms with Crippen molar-refractivity contribution in [2.24, 2.45) is 0 Å². The summed E-state index contributed by atoms with van der Waals surface area (Å²) in [4.78, 5) is 4.48. The van der Waals surface area contributed by atoms with Crippen LogP contribution in [0.4, 0.5) is 14.5 Å². The lowest BCUT2D eigenvalue weighted by Gasteiger charge is -2.10. The number of benzene rings is 2. The van der Waals surface area contributed by atoms with Crippen LogP contribution in [0.5, 0.6) is 0 Å². The molecule has 2 N–H and O–H groups in total. The number of halogens is 2. The molecule has 1 aliphatic carbocycles. The molecule has 1 saturated carbocycles. The predicted octanol–water partition coefficient (Wildman–Crippen LogP) is 3.90. The van der Waals surface area contributed by atoms with Crippen molar-refractivity contribution in [2.75, 3.05) is 5.73 Å². The van der Waals surface area contributed by atoms with Crippen LogP contribution in [0.2, 0.25) is 0 Å². The SMILES string of the molecule is Nc1cccc(F)c1-c1nc2ccc(F)cc2n1C1CC1. The monoisotopic (exact) mass is 285 g/mol. The summed E-state index contributed by atoms with van der Waals surface area (Å²) in [6.45, 7) is 0. The molecule has 0 amide bonds. The normalized spacial score (nSPS) is 14.8. The lowest BCUT2D eigenvalue weighted by atomic mass is 10.1. The van der Waals surface area contributed by atoms with E-state index in [-0.39, 0.29) is 11.9 Å². The van der Waals surface area contributed by atoms with Crippen LogP contribution in [-0.4, -0.2) is 9.55 Å². The van der Waals surface area contributed by atoms with E-state index in [2.05, 4.69) is 4.98 Å². The number of hydrogen-bond donors (Lipinski definition) is 1. The first-order valence-electron chi connectivity index (χ1n) is 6.87. The first kappa shape index (κ1) is 12.3. The van der Waals surface area contributed by atoms with Gasteiger partial charge < -0.3 is 10.3 Å². The van der Waals surface area contributed by atoms with Crippen molar-refractivity contribution in [3.63, 3.8) is 0 Å². The highest BCUT2D eigenvalue weighted by Crippen LogP contribution is 2.42. The van der Waals surface area contributed by atoms with Gasteiger partial charge in [0.2, 0.25) is 0 Å². The first-order chi connectivity index (χ1) is 10.1. The molecule has 0 unspecified atom stereocenters. The molecule has 1 heterocycles. The molecule has 0 spiro atoms. The van der Waals surface area contributed by atoms with E-state index in [0.29, 0.717) is 28.1 Å². The summed E-state index contributed by atoms with van der Waals surface area (Å²) >= 11 is 0. The Bertz CT molecular complexity index is 830. The Labute approximate surface area is 120 Å². The van der Waals surface area contributed by atoms with Crippen LogP contribution in [0.1, 0.15) is 18.9 Å². The van der Waals surface area contributed by atoms with Crippen molar-refractivity contribution < 1.29 is 8.78 Å². The van der Waals surface area contributed by atoms with Crippen LogP contribution in [0.25, 0.3) is 22.4 Å². The number of rotatable bonds is 2. The zero-order chi connectivity index (χ0) is 14.6. The molecule has 0 aliphatic heterocycles. The van der Waals surface area contributed by atoms with Gasteiger partial charge in [-0.2, -0.15) is 0 Å². The zero-order valence-corrected chi connectivity index (χ0v) is 11.2. The average Bonchev–Trinajstić information content (AvgIpc) is 3.21. The lowest BCUT2D eigenvalue weighted by Crippen LogP contribution is -2.02. The minimum absolute atomic E-state index is 0.241. The van der Waals surface area contributed by atoms with Crippen LogP contribution in [0.3, 0.4) is 0 Å². The van der Waals surface area contributed by atoms with Crippen LogP contribution < -0.4 is 5.73 Å². The molecule has 0 saturated heterocycles. The number of anilines is 1. The fourth-order valence-electron chi connectivity index (χ4n) is 2.72. The summed E-state index contributed by atoms with van der Waals surface area (Å²) in [5, 5.41) is 0. The molecular formula is C16H13F2N3. The Hall–Kier alpha value is -2.43. The van der Waals surface area contributed by atoms with Crippen molar-refractivity contribution in [1.29, 1.82) is 0 Å². The van der Waals surface area contributed by atoms with Crippen LogP contribution in [0.15, 0.2) is 36.4 Å². The number of nitrogens with zero attached hydrogens (tertiary/aromatic N) is 2. The van der Waals surface area contributed by atoms with Crippen LogP contribution >= 0.6 is 0 Å². The molecule has 1 aromatic heterocycles. The van der Waals surface area contributed by atoms with Gasteiger partial charge in [0.25, 0.3) is 0 Å². The summed E-state index contributed by atoms with van der Waals surface area (Å²) < 4.78 is 29.6. The van der Waals surface area contributed by atoms with Gasteiger partial charge in [0.1, 0.15) is 17.5 Å². The first-order valence-corrected chi connectivity index (χ1v) is 6.87. The van der Waals surface area contributed by atoms with Gasteiger partial charge in [0.15, 0.2) is 0 Å². The standard InChI is InChI=1S/C16H13F2N3/c17-9-4-7-13-14(8-9)21(10-5-6-10)16(20-13)15-11(18)2-1-3-12(15)19/h1-4,7-8,10H,5-6,19H2. The number of nitrogens with two attached hydrogens (primary N) is 1. The third kappa shape index (κ3) is 1.88. The summed E-state index contributed by atoms with van der Waals surface area (Å²) in [7, 11) is 0. The number of imidazole rings is 1. The zero-order valence-electron chi connectivity index (χ0n) is 11.2. The van der Waals surface area contributed by atoms with Gasteiger partial charge in [-0.25, -0.2) is 13.8 Å². The number of hydrogen-bond acceptors (Lipinski definition) is 2. The van der Waals surface area contributed by atoms with E-state index in [9.17, 15) is 8.78 Å². The highest BCUT2D eigenvalue weighted by atomic mass is 19.1. The molecule has 2 aromatic carbocycles.